The van der Waals surface area contributed by atoms with Crippen LogP contribution in [-0.2, 0) is 40.4 Å². The minimum atomic E-state index is -1.14. The smallest absolute Gasteiger partial charge is 0.410 e. The van der Waals surface area contributed by atoms with Crippen LogP contribution in [-0.4, -0.2) is 128 Å². The van der Waals surface area contributed by atoms with E-state index in [1.165, 1.54) is 19.2 Å². The lowest BCUT2D eigenvalue weighted by molar-refractivity contribution is -0.141. The first-order valence-corrected chi connectivity index (χ1v) is 17.7. The van der Waals surface area contributed by atoms with Gasteiger partial charge < -0.3 is 29.3 Å². The number of piperazine rings is 1. The highest BCUT2D eigenvalue weighted by Gasteiger charge is 2.48. The first-order valence-electron chi connectivity index (χ1n) is 17.7. The van der Waals surface area contributed by atoms with Crippen molar-refractivity contribution in [3.63, 3.8) is 0 Å². The monoisotopic (exact) mass is 709 g/mol. The Bertz CT molecular complexity index is 1600. The quantitative estimate of drug-likeness (QED) is 0.391. The number of amides is 3. The van der Waals surface area contributed by atoms with Gasteiger partial charge in [0, 0.05) is 56.5 Å². The second kappa shape index (κ2) is 15.7. The predicted octanol–water partition coefficient (Wildman–Crippen LogP) is 3.34. The summed E-state index contributed by atoms with van der Waals surface area (Å²) < 4.78 is 29.8. The lowest BCUT2D eigenvalue weighted by atomic mass is 9.83. The third-order valence-electron chi connectivity index (χ3n) is 10.0. The van der Waals surface area contributed by atoms with Crippen molar-refractivity contribution in [2.75, 3.05) is 71.0 Å². The van der Waals surface area contributed by atoms with Gasteiger partial charge in [-0.3, -0.25) is 24.2 Å². The Morgan fingerprint density at radius 3 is 2.37 bits per heavy atom. The number of nitrogens with one attached hydrogen (secondary N) is 1. The Balaban J connectivity index is 1.43. The number of anilines is 1. The number of benzene rings is 2. The summed E-state index contributed by atoms with van der Waals surface area (Å²) in [5, 5.41) is 2.69. The molecule has 278 valence electrons. The van der Waals surface area contributed by atoms with Gasteiger partial charge in [-0.2, -0.15) is 0 Å². The summed E-state index contributed by atoms with van der Waals surface area (Å²) in [6.45, 7) is 14.7. The van der Waals surface area contributed by atoms with Crippen molar-refractivity contribution in [2.45, 2.75) is 77.1 Å². The zero-order chi connectivity index (χ0) is 37.1. The number of esters is 1. The summed E-state index contributed by atoms with van der Waals surface area (Å²) in [6, 6.07) is 11.8. The van der Waals surface area contributed by atoms with E-state index in [0.717, 1.165) is 17.7 Å². The summed E-state index contributed by atoms with van der Waals surface area (Å²) in [5.41, 5.74) is 1.31. The molecule has 4 atom stereocenters. The molecule has 3 amide bonds. The van der Waals surface area contributed by atoms with Crippen LogP contribution in [0, 0.1) is 5.82 Å². The van der Waals surface area contributed by atoms with Crippen LogP contribution in [0.3, 0.4) is 0 Å². The van der Waals surface area contributed by atoms with Crippen molar-refractivity contribution in [1.29, 1.82) is 0 Å². The van der Waals surface area contributed by atoms with Gasteiger partial charge >= 0.3 is 12.1 Å². The second-order valence-corrected chi connectivity index (χ2v) is 15.2. The molecule has 12 nitrogen and oxygen atoms in total. The lowest BCUT2D eigenvalue weighted by Gasteiger charge is -2.47. The normalized spacial score (nSPS) is 24.2. The van der Waals surface area contributed by atoms with Crippen LogP contribution >= 0.6 is 0 Å². The zero-order valence-corrected chi connectivity index (χ0v) is 30.9. The fourth-order valence-electron chi connectivity index (χ4n) is 7.15. The van der Waals surface area contributed by atoms with Gasteiger partial charge in [0.15, 0.2) is 0 Å². The summed E-state index contributed by atoms with van der Waals surface area (Å²) in [4.78, 5) is 61.3. The molecule has 0 aromatic heterocycles. The van der Waals surface area contributed by atoms with Gasteiger partial charge in [0.25, 0.3) is 0 Å². The third kappa shape index (κ3) is 9.06. The molecule has 51 heavy (non-hydrogen) atoms. The fraction of sp³-hybridized carbons (Fsp3) is 0.579. The number of hydrogen-bond donors (Lipinski definition) is 1. The molecule has 0 bridgehead atoms. The second-order valence-electron chi connectivity index (χ2n) is 15.2. The van der Waals surface area contributed by atoms with Crippen LogP contribution < -0.4 is 10.2 Å². The van der Waals surface area contributed by atoms with E-state index in [-0.39, 0.29) is 55.6 Å². The molecule has 1 unspecified atom stereocenters. The number of halogens is 1. The van der Waals surface area contributed by atoms with E-state index in [9.17, 15) is 23.6 Å². The molecule has 2 aromatic rings. The number of methoxy groups -OCH3 is 1. The molecule has 2 aromatic carbocycles. The minimum Gasteiger partial charge on any atom is -0.468 e. The molecule has 0 saturated carbocycles. The van der Waals surface area contributed by atoms with Crippen LogP contribution in [0.15, 0.2) is 42.5 Å². The number of carbonyl (C=O) groups excluding carboxylic acids is 4. The molecule has 2 fully saturated rings. The van der Waals surface area contributed by atoms with E-state index in [1.807, 2.05) is 45.9 Å². The fourth-order valence-corrected chi connectivity index (χ4v) is 7.15. The highest BCUT2D eigenvalue weighted by atomic mass is 19.1. The number of morpholine rings is 1. The van der Waals surface area contributed by atoms with Crippen molar-refractivity contribution in [3.8, 4) is 0 Å². The van der Waals surface area contributed by atoms with Gasteiger partial charge in [-0.05, 0) is 82.9 Å². The molecule has 0 spiro atoms. The van der Waals surface area contributed by atoms with Crippen LogP contribution in [0.5, 0.6) is 0 Å². The van der Waals surface area contributed by atoms with E-state index >= 15 is 0 Å². The van der Waals surface area contributed by atoms with Crippen molar-refractivity contribution in [3.05, 3.63) is 65.0 Å². The molecule has 0 aliphatic carbocycles. The van der Waals surface area contributed by atoms with Crippen LogP contribution in [0.25, 0.3) is 0 Å². The highest BCUT2D eigenvalue weighted by molar-refractivity contribution is 6.03. The van der Waals surface area contributed by atoms with Crippen LogP contribution in [0.2, 0.25) is 0 Å². The van der Waals surface area contributed by atoms with Gasteiger partial charge in [-0.15, -0.1) is 0 Å². The molecule has 1 N–H and O–H groups in total. The van der Waals surface area contributed by atoms with Gasteiger partial charge in [0.05, 0.1) is 32.3 Å². The summed E-state index contributed by atoms with van der Waals surface area (Å²) >= 11 is 0. The van der Waals surface area contributed by atoms with E-state index in [1.54, 1.807) is 28.9 Å². The summed E-state index contributed by atoms with van der Waals surface area (Å²) in [6.07, 6.45) is 0.127. The zero-order valence-electron chi connectivity index (χ0n) is 30.9. The number of fused-ring (bicyclic) bond motifs is 1. The molecule has 0 radical (unpaired) electrons. The minimum absolute atomic E-state index is 0.0668. The molecular formula is C38H52FN5O7. The number of ether oxygens (including phenoxy) is 3. The Labute approximate surface area is 300 Å². The Kier molecular flexibility index (Phi) is 11.7. The molecule has 3 aliphatic heterocycles. The lowest BCUT2D eigenvalue weighted by Crippen LogP contribution is -2.64. The third-order valence-corrected chi connectivity index (χ3v) is 10.0. The number of hydrogen-bond acceptors (Lipinski definition) is 9. The van der Waals surface area contributed by atoms with Crippen LogP contribution in [0.1, 0.15) is 58.2 Å². The van der Waals surface area contributed by atoms with E-state index in [2.05, 4.69) is 22.0 Å². The largest absolute Gasteiger partial charge is 0.468 e. The topological polar surface area (TPSA) is 121 Å². The predicted molar refractivity (Wildman–Crippen MR) is 190 cm³/mol. The van der Waals surface area contributed by atoms with Crippen molar-refractivity contribution >= 4 is 29.6 Å². The van der Waals surface area contributed by atoms with Crippen LogP contribution in [0.4, 0.5) is 14.9 Å². The van der Waals surface area contributed by atoms with Gasteiger partial charge in [-0.1, -0.05) is 24.3 Å². The van der Waals surface area contributed by atoms with Gasteiger partial charge in [0.1, 0.15) is 18.0 Å². The highest BCUT2D eigenvalue weighted by Crippen LogP contribution is 2.42. The maximum atomic E-state index is 14.5. The standard InChI is InChI=1S/C38H52FN5O7/c1-25-19-42(30(20-41-14-15-50-23-26(41)2)21-43(25)36(48)51-37(3,4)5)22-33(45)44-24-38(6,35(47)40-18-34(46)49-7)31-13-10-28(17-32(31)44)16-27-8-11-29(39)12-9-27/h8-13,17,25-26,30H,14-16,18-24H2,1-7H3,(H,40,47)/t25-,26-,30+,38?/m1/s1. The summed E-state index contributed by atoms with van der Waals surface area (Å²) in [5.74, 6) is -1.47. The van der Waals surface area contributed by atoms with Crippen molar-refractivity contribution in [1.82, 2.24) is 20.0 Å². The average Bonchev–Trinajstić information content (AvgIpc) is 3.38. The summed E-state index contributed by atoms with van der Waals surface area (Å²) in [7, 11) is 1.26. The van der Waals surface area contributed by atoms with Crippen molar-refractivity contribution in [2.24, 2.45) is 0 Å². The Morgan fingerprint density at radius 1 is 1.00 bits per heavy atom. The number of nitrogens with zero attached hydrogens (tertiary/aromatic N) is 4. The van der Waals surface area contributed by atoms with E-state index < -0.39 is 22.9 Å². The maximum Gasteiger partial charge on any atom is 0.410 e. The SMILES string of the molecule is COC(=O)CNC(=O)C1(C)CN(C(=O)CN2C[C@@H](C)N(C(=O)OC(C)(C)C)C[C@@H]2CN2CCOC[C@H]2C)c2cc(Cc3ccc(F)cc3)ccc21. The molecule has 3 aliphatic rings. The maximum absolute atomic E-state index is 14.5. The molecule has 5 rings (SSSR count). The van der Waals surface area contributed by atoms with Crippen molar-refractivity contribution < 1.29 is 37.8 Å². The average molecular weight is 710 g/mol. The first-order chi connectivity index (χ1) is 24.1. The van der Waals surface area contributed by atoms with E-state index in [0.29, 0.717) is 50.5 Å². The van der Waals surface area contributed by atoms with E-state index in [4.69, 9.17) is 14.2 Å². The first kappa shape index (κ1) is 38.2. The van der Waals surface area contributed by atoms with Gasteiger partial charge in [0.2, 0.25) is 11.8 Å². The molecule has 3 heterocycles. The Hall–Kier alpha value is -4.07. The number of carbonyl (C=O) groups is 4. The Morgan fingerprint density at radius 2 is 1.71 bits per heavy atom. The molecule has 13 heteroatoms. The number of rotatable bonds is 9. The molecular weight excluding hydrogens is 657 g/mol. The van der Waals surface area contributed by atoms with Gasteiger partial charge in [-0.25, -0.2) is 9.18 Å². The molecule has 2 saturated heterocycles.